The molecular weight excluding hydrogens is 240 g/mol. The van der Waals surface area contributed by atoms with Gasteiger partial charge in [-0.2, -0.15) is 5.10 Å². The maximum absolute atomic E-state index is 12.2. The molecule has 1 heterocycles. The van der Waals surface area contributed by atoms with Crippen LogP contribution in [0.5, 0.6) is 0 Å². The number of amides is 1. The molecule has 0 bridgehead atoms. The Balaban J connectivity index is 1.67. The van der Waals surface area contributed by atoms with E-state index in [2.05, 4.69) is 29.4 Å². The summed E-state index contributed by atoms with van der Waals surface area (Å²) in [6.45, 7) is 0. The van der Waals surface area contributed by atoms with Crippen LogP contribution in [0.15, 0.2) is 12.3 Å². The van der Waals surface area contributed by atoms with Crippen molar-refractivity contribution >= 4 is 5.91 Å². The lowest BCUT2D eigenvalue weighted by molar-refractivity contribution is -0.0963. The standard InChI is InChI=1S/C14H22N4O/c1-17(2)12-9-11(14(12)6-4-7-14)15-13(19)10-5-8-18(3)16-10/h5,8,11-12H,4,6-7,9H2,1-3H3,(H,15,19). The maximum Gasteiger partial charge on any atom is 0.272 e. The molecule has 0 saturated heterocycles. The Kier molecular flexibility index (Phi) is 2.89. The smallest absolute Gasteiger partial charge is 0.272 e. The highest BCUT2D eigenvalue weighted by molar-refractivity contribution is 5.92. The van der Waals surface area contributed by atoms with Gasteiger partial charge in [-0.25, -0.2) is 0 Å². The molecule has 0 aromatic carbocycles. The first-order valence-electron chi connectivity index (χ1n) is 7.00. The summed E-state index contributed by atoms with van der Waals surface area (Å²) < 4.78 is 1.66. The van der Waals surface area contributed by atoms with E-state index >= 15 is 0 Å². The molecule has 2 atom stereocenters. The van der Waals surface area contributed by atoms with Gasteiger partial charge >= 0.3 is 0 Å². The SMILES string of the molecule is CN(C)C1CC(NC(=O)c2ccn(C)n2)C12CCC2. The van der Waals surface area contributed by atoms with Gasteiger partial charge < -0.3 is 10.2 Å². The van der Waals surface area contributed by atoms with Gasteiger partial charge in [0.1, 0.15) is 5.69 Å². The minimum atomic E-state index is -0.0333. The monoisotopic (exact) mass is 262 g/mol. The van der Waals surface area contributed by atoms with E-state index in [1.54, 1.807) is 16.9 Å². The minimum Gasteiger partial charge on any atom is -0.347 e. The van der Waals surface area contributed by atoms with Crippen LogP contribution >= 0.6 is 0 Å². The number of nitrogens with one attached hydrogen (secondary N) is 1. The Labute approximate surface area is 114 Å². The van der Waals surface area contributed by atoms with Gasteiger partial charge in [-0.05, 0) is 39.4 Å². The number of rotatable bonds is 3. The van der Waals surface area contributed by atoms with Gasteiger partial charge in [-0.3, -0.25) is 9.48 Å². The van der Waals surface area contributed by atoms with Crippen LogP contribution in [0.1, 0.15) is 36.2 Å². The zero-order chi connectivity index (χ0) is 13.6. The Morgan fingerprint density at radius 1 is 1.53 bits per heavy atom. The number of aromatic nitrogens is 2. The van der Waals surface area contributed by atoms with E-state index in [4.69, 9.17) is 0 Å². The number of aryl methyl sites for hydroxylation is 1. The van der Waals surface area contributed by atoms with Crippen molar-refractivity contribution < 1.29 is 4.79 Å². The van der Waals surface area contributed by atoms with Crippen LogP contribution in [-0.4, -0.2) is 46.8 Å². The first-order valence-corrected chi connectivity index (χ1v) is 7.00. The second-order valence-electron chi connectivity index (χ2n) is 6.20. The van der Waals surface area contributed by atoms with Crippen LogP contribution in [0.25, 0.3) is 0 Å². The van der Waals surface area contributed by atoms with Crippen molar-refractivity contribution in [2.24, 2.45) is 12.5 Å². The highest BCUT2D eigenvalue weighted by Gasteiger charge is 2.59. The van der Waals surface area contributed by atoms with Gasteiger partial charge in [-0.1, -0.05) is 6.42 Å². The molecule has 1 spiro atoms. The highest BCUT2D eigenvalue weighted by Crippen LogP contribution is 2.57. The summed E-state index contributed by atoms with van der Waals surface area (Å²) in [6, 6.07) is 2.71. The summed E-state index contributed by atoms with van der Waals surface area (Å²) in [5, 5.41) is 7.34. The maximum atomic E-state index is 12.2. The molecule has 0 radical (unpaired) electrons. The van der Waals surface area contributed by atoms with Crippen LogP contribution in [0.2, 0.25) is 0 Å². The minimum absolute atomic E-state index is 0.0333. The summed E-state index contributed by atoms with van der Waals surface area (Å²) in [5.74, 6) is -0.0333. The van der Waals surface area contributed by atoms with E-state index in [-0.39, 0.29) is 5.91 Å². The molecule has 5 heteroatoms. The molecule has 2 saturated carbocycles. The lowest BCUT2D eigenvalue weighted by atomic mass is 9.49. The van der Waals surface area contributed by atoms with E-state index in [1.165, 1.54) is 19.3 Å². The third-order valence-corrected chi connectivity index (χ3v) is 4.98. The lowest BCUT2D eigenvalue weighted by Gasteiger charge is -2.63. The van der Waals surface area contributed by atoms with Crippen molar-refractivity contribution in [3.63, 3.8) is 0 Å². The summed E-state index contributed by atoms with van der Waals surface area (Å²) in [7, 11) is 6.11. The summed E-state index contributed by atoms with van der Waals surface area (Å²) in [4.78, 5) is 14.5. The molecule has 2 unspecified atom stereocenters. The predicted octanol–water partition coefficient (Wildman–Crippen LogP) is 1.02. The average Bonchev–Trinajstić information content (AvgIpc) is 2.67. The summed E-state index contributed by atoms with van der Waals surface area (Å²) >= 11 is 0. The zero-order valence-electron chi connectivity index (χ0n) is 11.9. The van der Waals surface area contributed by atoms with Gasteiger partial charge in [0.25, 0.3) is 5.91 Å². The summed E-state index contributed by atoms with van der Waals surface area (Å²) in [5.41, 5.74) is 0.846. The predicted molar refractivity (Wildman–Crippen MR) is 72.8 cm³/mol. The van der Waals surface area contributed by atoms with Crippen LogP contribution < -0.4 is 5.32 Å². The zero-order valence-corrected chi connectivity index (χ0v) is 11.9. The molecule has 0 aliphatic heterocycles. The molecule has 19 heavy (non-hydrogen) atoms. The largest absolute Gasteiger partial charge is 0.347 e. The lowest BCUT2D eigenvalue weighted by Crippen LogP contribution is -2.70. The second kappa shape index (κ2) is 4.34. The molecule has 1 aromatic rings. The molecule has 3 rings (SSSR count). The molecule has 1 amide bonds. The second-order valence-corrected chi connectivity index (χ2v) is 6.20. The molecule has 1 N–H and O–H groups in total. The third-order valence-electron chi connectivity index (χ3n) is 4.98. The van der Waals surface area contributed by atoms with Crippen LogP contribution in [-0.2, 0) is 7.05 Å². The van der Waals surface area contributed by atoms with E-state index < -0.39 is 0 Å². The van der Waals surface area contributed by atoms with E-state index in [0.717, 1.165) is 6.42 Å². The van der Waals surface area contributed by atoms with Crippen molar-refractivity contribution in [3.8, 4) is 0 Å². The number of carbonyl (C=O) groups is 1. The van der Waals surface area contributed by atoms with Crippen molar-refractivity contribution in [3.05, 3.63) is 18.0 Å². The number of hydrogen-bond acceptors (Lipinski definition) is 3. The Morgan fingerprint density at radius 3 is 2.74 bits per heavy atom. The fourth-order valence-electron chi connectivity index (χ4n) is 3.73. The van der Waals surface area contributed by atoms with Crippen molar-refractivity contribution in [2.75, 3.05) is 14.1 Å². The quantitative estimate of drug-likeness (QED) is 0.885. The average molecular weight is 262 g/mol. The topological polar surface area (TPSA) is 50.2 Å². The summed E-state index contributed by atoms with van der Waals surface area (Å²) in [6.07, 6.45) is 6.63. The molecule has 2 fully saturated rings. The molecule has 2 aliphatic rings. The first-order chi connectivity index (χ1) is 9.03. The van der Waals surface area contributed by atoms with Gasteiger partial charge in [0, 0.05) is 30.7 Å². The first kappa shape index (κ1) is 12.7. The normalized spacial score (nSPS) is 28.0. The van der Waals surface area contributed by atoms with Gasteiger partial charge in [-0.15, -0.1) is 0 Å². The van der Waals surface area contributed by atoms with E-state index in [0.29, 0.717) is 23.2 Å². The number of hydrogen-bond donors (Lipinski definition) is 1. The van der Waals surface area contributed by atoms with Crippen LogP contribution in [0, 0.1) is 5.41 Å². The Morgan fingerprint density at radius 2 is 2.26 bits per heavy atom. The fraction of sp³-hybridized carbons (Fsp3) is 0.714. The molecule has 1 aromatic heterocycles. The van der Waals surface area contributed by atoms with Gasteiger partial charge in [0.05, 0.1) is 0 Å². The molecule has 5 nitrogen and oxygen atoms in total. The highest BCUT2D eigenvalue weighted by atomic mass is 16.2. The fourth-order valence-corrected chi connectivity index (χ4v) is 3.73. The van der Waals surface area contributed by atoms with E-state index in [1.807, 2.05) is 7.05 Å². The third kappa shape index (κ3) is 1.87. The number of nitrogens with zero attached hydrogens (tertiary/aromatic N) is 3. The van der Waals surface area contributed by atoms with Crippen LogP contribution in [0.3, 0.4) is 0 Å². The Hall–Kier alpha value is -1.36. The Bertz CT molecular complexity index is 489. The number of carbonyl (C=O) groups excluding carboxylic acids is 1. The molecular formula is C14H22N4O. The van der Waals surface area contributed by atoms with Crippen LogP contribution in [0.4, 0.5) is 0 Å². The van der Waals surface area contributed by atoms with Crippen molar-refractivity contribution in [1.82, 2.24) is 20.0 Å². The van der Waals surface area contributed by atoms with Crippen molar-refractivity contribution in [1.29, 1.82) is 0 Å². The van der Waals surface area contributed by atoms with Crippen molar-refractivity contribution in [2.45, 2.75) is 37.8 Å². The van der Waals surface area contributed by atoms with Gasteiger partial charge in [0.15, 0.2) is 0 Å². The van der Waals surface area contributed by atoms with Gasteiger partial charge in [0.2, 0.25) is 0 Å². The molecule has 104 valence electrons. The molecule has 2 aliphatic carbocycles. The van der Waals surface area contributed by atoms with E-state index in [9.17, 15) is 4.79 Å².